The normalized spacial score (nSPS) is 15.5. The molecular weight excluding hydrogens is 364 g/mol. The van der Waals surface area contributed by atoms with Crippen molar-refractivity contribution in [1.29, 1.82) is 0 Å². The Morgan fingerprint density at radius 1 is 1.00 bits per heavy atom. The summed E-state index contributed by atoms with van der Waals surface area (Å²) in [4.78, 5) is 12.6. The molecule has 1 amide bonds. The van der Waals surface area contributed by atoms with E-state index in [0.717, 1.165) is 35.5 Å². The van der Waals surface area contributed by atoms with Crippen molar-refractivity contribution in [3.05, 3.63) is 54.1 Å². The quantitative estimate of drug-likeness (QED) is 0.795. The lowest BCUT2D eigenvalue weighted by Gasteiger charge is -2.34. The lowest BCUT2D eigenvalue weighted by Crippen LogP contribution is -2.53. The standard InChI is InChI=1S/C21H26N2O3.ClH/c1-25-19-9-7-18(8-10-19)17-5-3-16(4-6-17)15-23-20(24)21(26-2)11-13-22-14-12-21;/h3-10,22H,11-15H2,1-2H3,(H,23,24);1H. The molecule has 0 radical (unpaired) electrons. The van der Waals surface area contributed by atoms with Crippen molar-refractivity contribution in [2.24, 2.45) is 0 Å². The zero-order valence-corrected chi connectivity index (χ0v) is 16.6. The van der Waals surface area contributed by atoms with E-state index in [-0.39, 0.29) is 18.3 Å². The largest absolute Gasteiger partial charge is 0.497 e. The molecule has 1 aliphatic heterocycles. The van der Waals surface area contributed by atoms with Gasteiger partial charge in [-0.1, -0.05) is 36.4 Å². The highest BCUT2D eigenvalue weighted by atomic mass is 35.5. The van der Waals surface area contributed by atoms with Crippen LogP contribution in [0.1, 0.15) is 18.4 Å². The van der Waals surface area contributed by atoms with Gasteiger partial charge in [0.15, 0.2) is 0 Å². The van der Waals surface area contributed by atoms with Gasteiger partial charge in [-0.2, -0.15) is 0 Å². The number of piperidine rings is 1. The third-order valence-corrected chi connectivity index (χ3v) is 5.05. The molecule has 3 rings (SSSR count). The second-order valence-corrected chi connectivity index (χ2v) is 6.56. The number of methoxy groups -OCH3 is 2. The van der Waals surface area contributed by atoms with E-state index >= 15 is 0 Å². The maximum Gasteiger partial charge on any atom is 0.252 e. The zero-order chi connectivity index (χ0) is 18.4. The van der Waals surface area contributed by atoms with Gasteiger partial charge >= 0.3 is 0 Å². The molecule has 27 heavy (non-hydrogen) atoms. The van der Waals surface area contributed by atoms with Gasteiger partial charge < -0.3 is 20.1 Å². The van der Waals surface area contributed by atoms with Gasteiger partial charge in [0.05, 0.1) is 7.11 Å². The van der Waals surface area contributed by atoms with E-state index < -0.39 is 5.60 Å². The van der Waals surface area contributed by atoms with E-state index in [1.165, 1.54) is 0 Å². The van der Waals surface area contributed by atoms with Crippen LogP contribution >= 0.6 is 12.4 Å². The molecule has 2 N–H and O–H groups in total. The molecule has 1 heterocycles. The number of carbonyl (C=O) groups excluding carboxylic acids is 1. The minimum absolute atomic E-state index is 0. The Bertz CT molecular complexity index is 726. The predicted octanol–water partition coefficient (Wildman–Crippen LogP) is 3.17. The number of halogens is 1. The number of carbonyl (C=O) groups is 1. The van der Waals surface area contributed by atoms with Crippen molar-refractivity contribution in [3.8, 4) is 16.9 Å². The SMILES string of the molecule is COc1ccc(-c2ccc(CNC(=O)C3(OC)CCNCC3)cc2)cc1.Cl. The van der Waals surface area contributed by atoms with E-state index in [0.29, 0.717) is 19.4 Å². The molecule has 0 aromatic heterocycles. The van der Waals surface area contributed by atoms with E-state index in [2.05, 4.69) is 22.8 Å². The van der Waals surface area contributed by atoms with Gasteiger partial charge in [-0.15, -0.1) is 12.4 Å². The molecular formula is C21H27ClN2O3. The fraction of sp³-hybridized carbons (Fsp3) is 0.381. The molecule has 0 saturated carbocycles. The van der Waals surface area contributed by atoms with Crippen molar-refractivity contribution < 1.29 is 14.3 Å². The summed E-state index contributed by atoms with van der Waals surface area (Å²) in [5.41, 5.74) is 2.63. The Morgan fingerprint density at radius 2 is 1.56 bits per heavy atom. The maximum absolute atomic E-state index is 12.6. The summed E-state index contributed by atoms with van der Waals surface area (Å²) in [5.74, 6) is 0.818. The summed E-state index contributed by atoms with van der Waals surface area (Å²) in [7, 11) is 3.28. The molecule has 0 unspecified atom stereocenters. The highest BCUT2D eigenvalue weighted by Gasteiger charge is 2.39. The van der Waals surface area contributed by atoms with Gasteiger partial charge in [0.25, 0.3) is 5.91 Å². The van der Waals surface area contributed by atoms with Crippen molar-refractivity contribution in [1.82, 2.24) is 10.6 Å². The monoisotopic (exact) mass is 390 g/mol. The number of hydrogen-bond acceptors (Lipinski definition) is 4. The van der Waals surface area contributed by atoms with Crippen molar-refractivity contribution >= 4 is 18.3 Å². The predicted molar refractivity (Wildman–Crippen MR) is 109 cm³/mol. The third kappa shape index (κ3) is 5.01. The lowest BCUT2D eigenvalue weighted by atomic mass is 9.91. The van der Waals surface area contributed by atoms with Crippen LogP contribution in [0.5, 0.6) is 5.75 Å². The Hall–Kier alpha value is -2.08. The van der Waals surface area contributed by atoms with Crippen LogP contribution in [0.4, 0.5) is 0 Å². The number of benzene rings is 2. The number of nitrogens with one attached hydrogen (secondary N) is 2. The Kier molecular flexibility index (Phi) is 7.66. The molecule has 5 nitrogen and oxygen atoms in total. The fourth-order valence-electron chi connectivity index (χ4n) is 3.30. The molecule has 0 aliphatic carbocycles. The van der Waals surface area contributed by atoms with E-state index in [1.807, 2.05) is 36.4 Å². The van der Waals surface area contributed by atoms with Gasteiger partial charge in [0, 0.05) is 13.7 Å². The third-order valence-electron chi connectivity index (χ3n) is 5.05. The second-order valence-electron chi connectivity index (χ2n) is 6.56. The van der Waals surface area contributed by atoms with Gasteiger partial charge in [0.1, 0.15) is 11.4 Å². The van der Waals surface area contributed by atoms with Crippen LogP contribution in [-0.2, 0) is 16.1 Å². The van der Waals surface area contributed by atoms with Gasteiger partial charge in [-0.05, 0) is 54.8 Å². The molecule has 0 atom stereocenters. The minimum atomic E-state index is -0.700. The molecule has 6 heteroatoms. The highest BCUT2D eigenvalue weighted by molar-refractivity contribution is 5.85. The van der Waals surface area contributed by atoms with Crippen LogP contribution in [0.2, 0.25) is 0 Å². The maximum atomic E-state index is 12.6. The molecule has 1 aliphatic rings. The van der Waals surface area contributed by atoms with Crippen molar-refractivity contribution in [3.63, 3.8) is 0 Å². The topological polar surface area (TPSA) is 59.6 Å². The molecule has 2 aromatic rings. The lowest BCUT2D eigenvalue weighted by molar-refractivity contribution is -0.146. The number of amides is 1. The number of rotatable bonds is 6. The Labute approximate surface area is 166 Å². The summed E-state index contributed by atoms with van der Waals surface area (Å²) >= 11 is 0. The van der Waals surface area contributed by atoms with E-state index in [1.54, 1.807) is 14.2 Å². The summed E-state index contributed by atoms with van der Waals surface area (Å²) in [6.07, 6.45) is 1.40. The first-order valence-corrected chi connectivity index (χ1v) is 8.94. The molecule has 0 spiro atoms. The van der Waals surface area contributed by atoms with Crippen LogP contribution in [0.3, 0.4) is 0 Å². The average molecular weight is 391 g/mol. The number of hydrogen-bond donors (Lipinski definition) is 2. The highest BCUT2D eigenvalue weighted by Crippen LogP contribution is 2.24. The molecule has 146 valence electrons. The summed E-state index contributed by atoms with van der Waals surface area (Å²) in [6.45, 7) is 2.11. The first kappa shape index (κ1) is 21.2. The van der Waals surface area contributed by atoms with Gasteiger partial charge in [0.2, 0.25) is 0 Å². The second kappa shape index (κ2) is 9.74. The number of ether oxygens (including phenoxy) is 2. The minimum Gasteiger partial charge on any atom is -0.497 e. The zero-order valence-electron chi connectivity index (χ0n) is 15.8. The first-order chi connectivity index (χ1) is 12.7. The Morgan fingerprint density at radius 3 is 2.07 bits per heavy atom. The molecule has 1 saturated heterocycles. The molecule has 0 bridgehead atoms. The first-order valence-electron chi connectivity index (χ1n) is 8.94. The smallest absolute Gasteiger partial charge is 0.252 e. The summed E-state index contributed by atoms with van der Waals surface area (Å²) in [6, 6.07) is 16.2. The average Bonchev–Trinajstić information content (AvgIpc) is 2.73. The summed E-state index contributed by atoms with van der Waals surface area (Å²) in [5, 5.41) is 6.29. The summed E-state index contributed by atoms with van der Waals surface area (Å²) < 4.78 is 10.8. The van der Waals surface area contributed by atoms with Crippen molar-refractivity contribution in [2.45, 2.75) is 25.0 Å². The van der Waals surface area contributed by atoms with Gasteiger partial charge in [-0.3, -0.25) is 4.79 Å². The van der Waals surface area contributed by atoms with Crippen LogP contribution in [-0.4, -0.2) is 38.8 Å². The van der Waals surface area contributed by atoms with Crippen LogP contribution in [0.15, 0.2) is 48.5 Å². The van der Waals surface area contributed by atoms with Crippen LogP contribution in [0.25, 0.3) is 11.1 Å². The van der Waals surface area contributed by atoms with Crippen LogP contribution in [0, 0.1) is 0 Å². The van der Waals surface area contributed by atoms with E-state index in [4.69, 9.17) is 9.47 Å². The van der Waals surface area contributed by atoms with E-state index in [9.17, 15) is 4.79 Å². The molecule has 2 aromatic carbocycles. The molecule has 1 fully saturated rings. The van der Waals surface area contributed by atoms with Gasteiger partial charge in [-0.25, -0.2) is 0 Å². The van der Waals surface area contributed by atoms with Crippen LogP contribution < -0.4 is 15.4 Å². The van der Waals surface area contributed by atoms with Crippen molar-refractivity contribution in [2.75, 3.05) is 27.3 Å². The fourth-order valence-corrected chi connectivity index (χ4v) is 3.30. The Balaban J connectivity index is 0.00000261.